The van der Waals surface area contributed by atoms with Crippen LogP contribution in [0.1, 0.15) is 25.0 Å². The number of hydrazone groups is 1. The van der Waals surface area contributed by atoms with Gasteiger partial charge in [-0.3, -0.25) is 9.10 Å². The van der Waals surface area contributed by atoms with Gasteiger partial charge in [0.1, 0.15) is 18.9 Å². The molecule has 4 aromatic carbocycles. The third-order valence-electron chi connectivity index (χ3n) is 6.57. The highest BCUT2D eigenvalue weighted by Crippen LogP contribution is 2.33. The lowest BCUT2D eigenvalue weighted by atomic mass is 10.2. The molecule has 0 atom stereocenters. The number of ether oxygens (including phenoxy) is 5. The van der Waals surface area contributed by atoms with E-state index < -0.39 is 22.5 Å². The molecule has 0 aliphatic carbocycles. The second-order valence-corrected chi connectivity index (χ2v) is 11.5. The number of hydrogen-bond donors (Lipinski definition) is 1. The number of nitrogens with one attached hydrogen (secondary N) is 1. The molecule has 0 aliphatic rings. The van der Waals surface area contributed by atoms with E-state index in [1.807, 2.05) is 44.2 Å². The van der Waals surface area contributed by atoms with Crippen LogP contribution in [0.5, 0.6) is 28.7 Å². The van der Waals surface area contributed by atoms with E-state index in [2.05, 4.69) is 10.5 Å². The highest BCUT2D eigenvalue weighted by Gasteiger charge is 2.28. The normalized spacial score (nSPS) is 11.1. The van der Waals surface area contributed by atoms with Gasteiger partial charge in [0.05, 0.1) is 44.2 Å². The third-order valence-corrected chi connectivity index (χ3v) is 8.34. The van der Waals surface area contributed by atoms with E-state index in [1.54, 1.807) is 42.5 Å². The average Bonchev–Trinajstić information content (AvgIpc) is 3.07. The Labute approximate surface area is 269 Å². The lowest BCUT2D eigenvalue weighted by molar-refractivity contribution is -0.119. The molecule has 0 bridgehead atoms. The Balaban J connectivity index is 1.52. The number of hydrogen-bond acceptors (Lipinski definition) is 9. The van der Waals surface area contributed by atoms with Crippen molar-refractivity contribution in [2.24, 2.45) is 5.10 Å². The predicted octanol–water partition coefficient (Wildman–Crippen LogP) is 5.43. The summed E-state index contributed by atoms with van der Waals surface area (Å²) in [6, 6.07) is 25.7. The topological polar surface area (TPSA) is 125 Å². The monoisotopic (exact) mass is 647 g/mol. The minimum absolute atomic E-state index is 0.0895. The first-order valence-electron chi connectivity index (χ1n) is 14.5. The van der Waals surface area contributed by atoms with Gasteiger partial charge in [-0.15, -0.1) is 0 Å². The molecule has 12 heteroatoms. The molecule has 0 radical (unpaired) electrons. The maximum absolute atomic E-state index is 13.9. The van der Waals surface area contributed by atoms with Gasteiger partial charge in [-0.1, -0.05) is 30.3 Å². The molecule has 1 amide bonds. The summed E-state index contributed by atoms with van der Waals surface area (Å²) in [5, 5.41) is 4.06. The van der Waals surface area contributed by atoms with Gasteiger partial charge in [0.15, 0.2) is 23.0 Å². The van der Waals surface area contributed by atoms with Crippen molar-refractivity contribution in [2.45, 2.75) is 25.3 Å². The van der Waals surface area contributed by atoms with Gasteiger partial charge in [-0.05, 0) is 79.6 Å². The van der Waals surface area contributed by atoms with E-state index >= 15 is 0 Å². The molecule has 0 fully saturated rings. The van der Waals surface area contributed by atoms with Crippen LogP contribution in [0.3, 0.4) is 0 Å². The van der Waals surface area contributed by atoms with Gasteiger partial charge in [0.2, 0.25) is 0 Å². The molecule has 0 saturated carbocycles. The smallest absolute Gasteiger partial charge is 0.264 e. The Kier molecular flexibility index (Phi) is 11.8. The molecule has 46 heavy (non-hydrogen) atoms. The molecule has 11 nitrogen and oxygen atoms in total. The third kappa shape index (κ3) is 8.69. The standard InChI is InChI=1S/C34H37N3O8S/c1-5-43-28-15-13-27(14-16-28)37(46(39,40)29-17-19-30(41-3)32(21-29)42-4)23-34(38)36-35-22-26-12-18-31(33(20-26)44-6-2)45-24-25-10-8-7-9-11-25/h7-22H,5-6,23-24H2,1-4H3,(H,36,38)/b35-22-. The van der Waals surface area contributed by atoms with Crippen LogP contribution in [0.15, 0.2) is 101 Å². The second kappa shape index (κ2) is 16.2. The lowest BCUT2D eigenvalue weighted by Crippen LogP contribution is -2.39. The van der Waals surface area contributed by atoms with Crippen molar-refractivity contribution in [3.8, 4) is 28.7 Å². The first-order chi connectivity index (χ1) is 22.3. The molecule has 0 aliphatic heterocycles. The molecule has 4 rings (SSSR count). The Morgan fingerprint density at radius 3 is 2.15 bits per heavy atom. The summed E-state index contributed by atoms with van der Waals surface area (Å²) in [5.74, 6) is 1.58. The summed E-state index contributed by atoms with van der Waals surface area (Å²) in [6.45, 7) is 4.41. The van der Waals surface area contributed by atoms with Crippen molar-refractivity contribution in [2.75, 3.05) is 38.3 Å². The minimum atomic E-state index is -4.24. The zero-order valence-electron chi connectivity index (χ0n) is 26.1. The number of nitrogens with zero attached hydrogens (tertiary/aromatic N) is 2. The number of methoxy groups -OCH3 is 2. The lowest BCUT2D eigenvalue weighted by Gasteiger charge is -2.24. The molecule has 0 saturated heterocycles. The van der Waals surface area contributed by atoms with Gasteiger partial charge in [0.25, 0.3) is 15.9 Å². The van der Waals surface area contributed by atoms with Crippen molar-refractivity contribution in [1.29, 1.82) is 0 Å². The number of carbonyl (C=O) groups is 1. The van der Waals surface area contributed by atoms with Crippen molar-refractivity contribution in [1.82, 2.24) is 5.43 Å². The minimum Gasteiger partial charge on any atom is -0.494 e. The van der Waals surface area contributed by atoms with Crippen LogP contribution < -0.4 is 33.4 Å². The molecule has 1 N–H and O–H groups in total. The fourth-order valence-electron chi connectivity index (χ4n) is 4.37. The average molecular weight is 648 g/mol. The predicted molar refractivity (Wildman–Crippen MR) is 176 cm³/mol. The van der Waals surface area contributed by atoms with Gasteiger partial charge in [0, 0.05) is 6.07 Å². The van der Waals surface area contributed by atoms with Crippen LogP contribution in [-0.2, 0) is 21.4 Å². The first kappa shape index (κ1) is 33.7. The number of benzene rings is 4. The number of anilines is 1. The molecule has 0 heterocycles. The van der Waals surface area contributed by atoms with Crippen LogP contribution >= 0.6 is 0 Å². The van der Waals surface area contributed by atoms with Gasteiger partial charge < -0.3 is 23.7 Å². The van der Waals surface area contributed by atoms with Crippen LogP contribution in [0.2, 0.25) is 0 Å². The van der Waals surface area contributed by atoms with E-state index in [-0.39, 0.29) is 16.3 Å². The van der Waals surface area contributed by atoms with Crippen LogP contribution in [0, 0.1) is 0 Å². The zero-order chi connectivity index (χ0) is 32.9. The van der Waals surface area contributed by atoms with Crippen molar-refractivity contribution in [3.05, 3.63) is 102 Å². The fraction of sp³-hybridized carbons (Fsp3) is 0.235. The van der Waals surface area contributed by atoms with E-state index in [4.69, 9.17) is 23.7 Å². The van der Waals surface area contributed by atoms with Crippen LogP contribution in [0.4, 0.5) is 5.69 Å². The first-order valence-corrected chi connectivity index (χ1v) is 16.0. The van der Waals surface area contributed by atoms with Gasteiger partial charge in [-0.25, -0.2) is 13.8 Å². The Hall–Kier alpha value is -5.23. The Bertz CT molecular complexity index is 1730. The summed E-state index contributed by atoms with van der Waals surface area (Å²) in [4.78, 5) is 13.0. The van der Waals surface area contributed by atoms with Crippen LogP contribution in [0.25, 0.3) is 0 Å². The number of rotatable bonds is 16. The van der Waals surface area contributed by atoms with E-state index in [9.17, 15) is 13.2 Å². The maximum atomic E-state index is 13.9. The SMILES string of the molecule is CCOc1ccc(N(CC(=O)N/N=C\c2ccc(OCc3ccccc3)c(OCC)c2)S(=O)(=O)c2ccc(OC)c(OC)c2)cc1. The molecular formula is C34H37N3O8S. The zero-order valence-corrected chi connectivity index (χ0v) is 27.0. The summed E-state index contributed by atoms with van der Waals surface area (Å²) >= 11 is 0. The summed E-state index contributed by atoms with van der Waals surface area (Å²) in [5.41, 5.74) is 4.33. The number of amides is 1. The Morgan fingerprint density at radius 2 is 1.48 bits per heavy atom. The molecular weight excluding hydrogens is 610 g/mol. The summed E-state index contributed by atoms with van der Waals surface area (Å²) in [7, 11) is -1.38. The molecule has 4 aromatic rings. The largest absolute Gasteiger partial charge is 0.494 e. The van der Waals surface area contributed by atoms with Gasteiger partial charge >= 0.3 is 0 Å². The van der Waals surface area contributed by atoms with E-state index in [1.165, 1.54) is 38.6 Å². The molecule has 242 valence electrons. The van der Waals surface area contributed by atoms with Gasteiger partial charge in [-0.2, -0.15) is 5.10 Å². The molecule has 0 unspecified atom stereocenters. The van der Waals surface area contributed by atoms with Crippen LogP contribution in [-0.4, -0.2) is 54.5 Å². The highest BCUT2D eigenvalue weighted by atomic mass is 32.2. The summed E-state index contributed by atoms with van der Waals surface area (Å²) in [6.07, 6.45) is 1.44. The number of sulfonamides is 1. The maximum Gasteiger partial charge on any atom is 0.264 e. The second-order valence-electron chi connectivity index (χ2n) is 9.66. The Morgan fingerprint density at radius 1 is 0.783 bits per heavy atom. The molecule has 0 aromatic heterocycles. The van der Waals surface area contributed by atoms with Crippen molar-refractivity contribution in [3.63, 3.8) is 0 Å². The fourth-order valence-corrected chi connectivity index (χ4v) is 5.80. The summed E-state index contributed by atoms with van der Waals surface area (Å²) < 4.78 is 56.5. The number of carbonyl (C=O) groups excluding carboxylic acids is 1. The quantitative estimate of drug-likeness (QED) is 0.126. The molecule has 0 spiro atoms. The van der Waals surface area contributed by atoms with Crippen molar-refractivity contribution < 1.29 is 36.9 Å². The van der Waals surface area contributed by atoms with E-state index in [0.29, 0.717) is 48.4 Å². The van der Waals surface area contributed by atoms with E-state index in [0.717, 1.165) is 9.87 Å². The van der Waals surface area contributed by atoms with Crippen molar-refractivity contribution >= 4 is 27.8 Å². The highest BCUT2D eigenvalue weighted by molar-refractivity contribution is 7.92.